The zero-order valence-corrected chi connectivity index (χ0v) is 22.3. The molecule has 5 N–H and O–H groups in total. The van der Waals surface area contributed by atoms with Crippen molar-refractivity contribution in [1.82, 2.24) is 15.2 Å². The van der Waals surface area contributed by atoms with Crippen LogP contribution in [0, 0.1) is 0 Å². The van der Waals surface area contributed by atoms with Crippen molar-refractivity contribution in [3.63, 3.8) is 0 Å². The molecule has 204 valence electrons. The molecule has 3 aliphatic heterocycles. The normalized spacial score (nSPS) is 23.0. The zero-order valence-electron chi connectivity index (χ0n) is 19.8. The Morgan fingerprint density at radius 1 is 1.38 bits per heavy atom. The van der Waals surface area contributed by atoms with E-state index in [0.29, 0.717) is 17.9 Å². The van der Waals surface area contributed by atoms with Crippen LogP contribution in [0.5, 0.6) is 0 Å². The quantitative estimate of drug-likeness (QED) is 0.0912. The van der Waals surface area contributed by atoms with Gasteiger partial charge in [-0.2, -0.15) is 8.42 Å². The highest BCUT2D eigenvalue weighted by atomic mass is 32.3. The van der Waals surface area contributed by atoms with Crippen LogP contribution in [0.3, 0.4) is 0 Å². The summed E-state index contributed by atoms with van der Waals surface area (Å²) in [6, 6.07) is -0.891. The van der Waals surface area contributed by atoms with Crippen molar-refractivity contribution in [1.29, 1.82) is 0 Å². The molecule has 0 spiro atoms. The molecular formula is C19H26N6O9S3. The highest BCUT2D eigenvalue weighted by Crippen LogP contribution is 2.41. The predicted octanol–water partition coefficient (Wildman–Crippen LogP) is -1.93. The summed E-state index contributed by atoms with van der Waals surface area (Å²) in [5.41, 5.74) is 6.39. The van der Waals surface area contributed by atoms with E-state index in [2.05, 4.69) is 22.5 Å². The Bertz CT molecular complexity index is 1230. The topological polar surface area (TPSA) is 225 Å². The number of hydrogen-bond donors (Lipinski definition) is 4. The summed E-state index contributed by atoms with van der Waals surface area (Å²) in [5, 5.41) is 19.6. The van der Waals surface area contributed by atoms with Gasteiger partial charge in [0.2, 0.25) is 0 Å². The first kappa shape index (κ1) is 28.8. The standard InChI is InChI=1S/C19H24N6O5S2.H2O4S/c1-25(5-3-4-6-25)7-10-8-31-17-13(16(27)24(17)14(10)18(28)29)22-15(26)12(23-30-2)11-9-32-19(20)21-11;1-5(2,3)4/h9,13,17H,3-8H2,1-2H3,(H3-,20,21,22,26,28,29);(H2,1,2,3,4). The van der Waals surface area contributed by atoms with Crippen LogP contribution in [0.25, 0.3) is 0 Å². The summed E-state index contributed by atoms with van der Waals surface area (Å²) in [7, 11) is -1.27. The van der Waals surface area contributed by atoms with Crippen molar-refractivity contribution in [3.05, 3.63) is 22.3 Å². The number of carbonyl (C=O) groups excluding carboxylic acids is 3. The number of aromatic nitrogens is 1. The summed E-state index contributed by atoms with van der Waals surface area (Å²) < 4.78 is 32.3. The van der Waals surface area contributed by atoms with Gasteiger partial charge in [0.1, 0.15) is 30.8 Å². The van der Waals surface area contributed by atoms with Gasteiger partial charge in [-0.1, -0.05) is 5.16 Å². The minimum absolute atomic E-state index is 0.0615. The van der Waals surface area contributed by atoms with Gasteiger partial charge in [-0.25, -0.2) is 4.98 Å². The number of fused-ring (bicyclic) bond motifs is 1. The second kappa shape index (κ2) is 11.3. The number of likely N-dealkylation sites (N-methyl/N-ethyl adjacent to an activating group) is 1. The first-order valence-corrected chi connectivity index (χ1v) is 14.1. The number of β-lactam (4-membered cyclic amide) rings is 1. The molecule has 0 aromatic carbocycles. The van der Waals surface area contributed by atoms with Crippen molar-refractivity contribution < 1.29 is 46.3 Å². The molecule has 2 saturated heterocycles. The summed E-state index contributed by atoms with van der Waals surface area (Å²) in [6.45, 7) is 2.53. The van der Waals surface area contributed by atoms with Crippen LogP contribution in [0.15, 0.2) is 21.8 Å². The maximum atomic E-state index is 12.9. The summed E-state index contributed by atoms with van der Waals surface area (Å²) in [6.07, 6.45) is 2.21. The minimum Gasteiger partial charge on any atom is -0.543 e. The number of nitrogen functional groups attached to an aromatic ring is 1. The maximum Gasteiger partial charge on any atom is 0.394 e. The van der Waals surface area contributed by atoms with Crippen LogP contribution in [0.4, 0.5) is 5.13 Å². The van der Waals surface area contributed by atoms with Crippen molar-refractivity contribution in [2.24, 2.45) is 5.16 Å². The third-order valence-electron chi connectivity index (χ3n) is 5.91. The predicted molar refractivity (Wildman–Crippen MR) is 131 cm³/mol. The number of anilines is 1. The van der Waals surface area contributed by atoms with Crippen molar-refractivity contribution in [2.45, 2.75) is 24.3 Å². The molecule has 0 saturated carbocycles. The number of carboxylic acid groups (broad SMARTS) is 1. The number of quaternary nitrogens is 1. The molecule has 3 aliphatic rings. The van der Waals surface area contributed by atoms with Gasteiger partial charge in [-0.15, -0.1) is 23.1 Å². The number of nitrogens with zero attached hydrogens (tertiary/aromatic N) is 4. The smallest absolute Gasteiger partial charge is 0.394 e. The molecule has 0 aliphatic carbocycles. The number of oxime groups is 1. The summed E-state index contributed by atoms with van der Waals surface area (Å²) in [5.74, 6) is -2.06. The lowest BCUT2D eigenvalue weighted by Gasteiger charge is -2.51. The van der Waals surface area contributed by atoms with Gasteiger partial charge in [-0.05, 0) is 0 Å². The third kappa shape index (κ3) is 6.96. The van der Waals surface area contributed by atoms with Crippen LogP contribution in [0.2, 0.25) is 0 Å². The van der Waals surface area contributed by atoms with Crippen LogP contribution in [-0.2, 0) is 29.6 Å². The molecule has 37 heavy (non-hydrogen) atoms. The number of carboxylic acids is 1. The number of thioether (sulfide) groups is 1. The van der Waals surface area contributed by atoms with Crippen LogP contribution < -0.4 is 16.2 Å². The van der Waals surface area contributed by atoms with E-state index in [9.17, 15) is 19.5 Å². The van der Waals surface area contributed by atoms with Crippen molar-refractivity contribution >= 4 is 62.1 Å². The Hall–Kier alpha value is -2.77. The Labute approximate surface area is 220 Å². The van der Waals surface area contributed by atoms with Crippen molar-refractivity contribution in [3.8, 4) is 0 Å². The minimum atomic E-state index is -4.67. The monoisotopic (exact) mass is 578 g/mol. The molecule has 2 unspecified atom stereocenters. The van der Waals surface area contributed by atoms with E-state index < -0.39 is 39.6 Å². The second-order valence-electron chi connectivity index (χ2n) is 8.67. The molecule has 2 atom stereocenters. The molecular weight excluding hydrogens is 552 g/mol. The Balaban J connectivity index is 0.000000695. The first-order chi connectivity index (χ1) is 17.2. The van der Waals surface area contributed by atoms with Gasteiger partial charge in [0.15, 0.2) is 10.8 Å². The van der Waals surface area contributed by atoms with Gasteiger partial charge in [0, 0.05) is 29.5 Å². The third-order valence-corrected chi connectivity index (χ3v) is 7.92. The average Bonchev–Trinajstić information content (AvgIpc) is 3.42. The number of rotatable bonds is 7. The summed E-state index contributed by atoms with van der Waals surface area (Å²) in [4.78, 5) is 47.7. The number of hydrogen-bond acceptors (Lipinski definition) is 12. The van der Waals surface area contributed by atoms with Gasteiger partial charge in [-0.3, -0.25) is 23.6 Å². The molecule has 1 aromatic rings. The molecule has 1 aromatic heterocycles. The highest BCUT2D eigenvalue weighted by Gasteiger charge is 2.53. The van der Waals surface area contributed by atoms with Gasteiger partial charge in [0.05, 0.1) is 31.8 Å². The molecule has 2 amide bonds. The maximum absolute atomic E-state index is 12.9. The van der Waals surface area contributed by atoms with E-state index >= 15 is 0 Å². The lowest BCUT2D eigenvalue weighted by Crippen LogP contribution is -2.71. The van der Waals surface area contributed by atoms with Gasteiger partial charge >= 0.3 is 10.4 Å². The largest absolute Gasteiger partial charge is 0.543 e. The number of likely N-dealkylation sites (tertiary alicyclic amines) is 1. The number of carbonyl (C=O) groups is 3. The summed E-state index contributed by atoms with van der Waals surface area (Å²) >= 11 is 2.57. The van der Waals surface area contributed by atoms with E-state index in [-0.39, 0.29) is 22.2 Å². The number of nitrogens with one attached hydrogen (secondary N) is 1. The molecule has 0 bridgehead atoms. The number of aliphatic carboxylic acids is 1. The second-order valence-corrected chi connectivity index (χ2v) is 11.6. The number of thiazole rings is 1. The first-order valence-electron chi connectivity index (χ1n) is 10.8. The fraction of sp³-hybridized carbons (Fsp3) is 0.526. The Kier molecular flexibility index (Phi) is 8.81. The van der Waals surface area contributed by atoms with Crippen molar-refractivity contribution in [2.75, 3.05) is 45.3 Å². The fourth-order valence-electron chi connectivity index (χ4n) is 4.41. The van der Waals surface area contributed by atoms with Crippen LogP contribution in [0.1, 0.15) is 18.5 Å². The van der Waals surface area contributed by atoms with Gasteiger partial charge < -0.3 is 30.3 Å². The number of nitrogens with two attached hydrogens (primary N) is 1. The van der Waals surface area contributed by atoms with Crippen LogP contribution in [-0.4, -0.2) is 106 Å². The van der Waals surface area contributed by atoms with E-state index in [4.69, 9.17) is 28.1 Å². The Morgan fingerprint density at radius 2 is 2.00 bits per heavy atom. The van der Waals surface area contributed by atoms with E-state index in [1.54, 1.807) is 5.38 Å². The molecule has 18 heteroatoms. The molecule has 0 radical (unpaired) electrons. The van der Waals surface area contributed by atoms with Gasteiger partial charge in [0.25, 0.3) is 11.8 Å². The lowest BCUT2D eigenvalue weighted by atomic mass is 10.0. The van der Waals surface area contributed by atoms with E-state index in [1.807, 2.05) is 0 Å². The molecule has 15 nitrogen and oxygen atoms in total. The Morgan fingerprint density at radius 3 is 2.51 bits per heavy atom. The molecule has 2 fully saturated rings. The average molecular weight is 579 g/mol. The number of amides is 2. The van der Waals surface area contributed by atoms with E-state index in [0.717, 1.165) is 41.8 Å². The molecule has 4 rings (SSSR count). The zero-order chi connectivity index (χ0) is 27.5. The SMILES string of the molecule is CON=C(C(=O)NC1C(=O)N2C(C(=O)[O-])=C(C[N+]3(C)CCCC3)CSC12)c1csc(N)n1.O=S(=O)(O)O. The lowest BCUT2D eigenvalue weighted by molar-refractivity contribution is -0.893. The van der Waals surface area contributed by atoms with Crippen LogP contribution >= 0.6 is 23.1 Å². The highest BCUT2D eigenvalue weighted by molar-refractivity contribution is 8.00. The van der Waals surface area contributed by atoms with E-state index in [1.165, 1.54) is 23.8 Å². The molecule has 4 heterocycles. The fourth-order valence-corrected chi connectivity index (χ4v) is 6.30.